The maximum atomic E-state index is 10.4. The van der Waals surface area contributed by atoms with Crippen LogP contribution >= 0.6 is 11.6 Å². The molecule has 82 valence electrons. The summed E-state index contributed by atoms with van der Waals surface area (Å²) in [6.45, 7) is 0.299. The van der Waals surface area contributed by atoms with Crippen LogP contribution in [-0.4, -0.2) is 24.7 Å². The van der Waals surface area contributed by atoms with E-state index in [2.05, 4.69) is 15.1 Å². The highest BCUT2D eigenvalue weighted by molar-refractivity contribution is 6.30. The number of aromatic nitrogens is 4. The van der Waals surface area contributed by atoms with Gasteiger partial charge in [-0.25, -0.2) is 4.98 Å². The van der Waals surface area contributed by atoms with E-state index in [1.807, 2.05) is 0 Å². The molecule has 0 aromatic carbocycles. The zero-order chi connectivity index (χ0) is 11.5. The Labute approximate surface area is 94.9 Å². The molecule has 0 saturated carbocycles. The van der Waals surface area contributed by atoms with Gasteiger partial charge >= 0.3 is 5.95 Å². The van der Waals surface area contributed by atoms with Crippen molar-refractivity contribution in [2.75, 3.05) is 0 Å². The lowest BCUT2D eigenvalue weighted by Crippen LogP contribution is -2.02. The van der Waals surface area contributed by atoms with Crippen LogP contribution in [0.5, 0.6) is 0 Å². The molecule has 0 N–H and O–H groups in total. The highest BCUT2D eigenvalue weighted by Crippen LogP contribution is 2.13. The third-order valence-electron chi connectivity index (χ3n) is 1.86. The highest BCUT2D eigenvalue weighted by Gasteiger charge is 2.13. The first-order chi connectivity index (χ1) is 7.66. The number of rotatable bonds is 3. The second-order valence-corrected chi connectivity index (χ2v) is 3.31. The Hall–Kier alpha value is -2.02. The minimum absolute atomic E-state index is 0.299. The van der Waals surface area contributed by atoms with E-state index in [1.165, 1.54) is 11.0 Å². The second kappa shape index (κ2) is 4.23. The van der Waals surface area contributed by atoms with E-state index in [0.717, 1.165) is 5.56 Å². The van der Waals surface area contributed by atoms with E-state index in [1.54, 1.807) is 18.3 Å². The van der Waals surface area contributed by atoms with Crippen LogP contribution in [0.15, 0.2) is 24.7 Å². The minimum atomic E-state index is -0.651. The van der Waals surface area contributed by atoms with Crippen LogP contribution in [0.25, 0.3) is 0 Å². The lowest BCUT2D eigenvalue weighted by atomic mass is 10.3. The number of nitrogens with zero attached hydrogens (tertiary/aromatic N) is 5. The number of pyridine rings is 1. The highest BCUT2D eigenvalue weighted by atomic mass is 35.5. The van der Waals surface area contributed by atoms with E-state index in [0.29, 0.717) is 11.7 Å². The minimum Gasteiger partial charge on any atom is -0.390 e. The lowest BCUT2D eigenvalue weighted by molar-refractivity contribution is -0.394. The van der Waals surface area contributed by atoms with Gasteiger partial charge in [0, 0.05) is 16.9 Å². The molecule has 0 amide bonds. The summed E-state index contributed by atoms with van der Waals surface area (Å²) in [6, 6.07) is 3.50. The average Bonchev–Trinajstić information content (AvgIpc) is 2.70. The van der Waals surface area contributed by atoms with Crippen LogP contribution < -0.4 is 0 Å². The van der Waals surface area contributed by atoms with Crippen LogP contribution in [0.1, 0.15) is 5.56 Å². The quantitative estimate of drug-likeness (QED) is 0.457. The van der Waals surface area contributed by atoms with Crippen molar-refractivity contribution in [3.8, 4) is 0 Å². The van der Waals surface area contributed by atoms with Crippen LogP contribution in [0, 0.1) is 10.1 Å². The summed E-state index contributed by atoms with van der Waals surface area (Å²) in [7, 11) is 0. The first kappa shape index (κ1) is 10.5. The largest absolute Gasteiger partial charge is 0.490 e. The molecule has 0 aliphatic heterocycles. The molecule has 2 rings (SSSR count). The fourth-order valence-electron chi connectivity index (χ4n) is 1.16. The van der Waals surface area contributed by atoms with E-state index in [4.69, 9.17) is 11.6 Å². The maximum Gasteiger partial charge on any atom is 0.490 e. The summed E-state index contributed by atoms with van der Waals surface area (Å²) >= 11 is 5.84. The van der Waals surface area contributed by atoms with Crippen molar-refractivity contribution in [3.05, 3.63) is 45.5 Å². The summed E-state index contributed by atoms with van der Waals surface area (Å²) in [4.78, 5) is 17.1. The monoisotopic (exact) mass is 239 g/mol. The van der Waals surface area contributed by atoms with Crippen molar-refractivity contribution < 1.29 is 4.92 Å². The van der Waals surface area contributed by atoms with Gasteiger partial charge in [-0.05, 0) is 11.0 Å². The SMILES string of the molecule is O=[N+]([O-])c1ncn(Cc2cccnc2Cl)n1. The smallest absolute Gasteiger partial charge is 0.390 e. The molecular formula is C8H6ClN5O2. The molecule has 7 nitrogen and oxygen atoms in total. The first-order valence-corrected chi connectivity index (χ1v) is 4.68. The number of hydrogen-bond acceptors (Lipinski definition) is 5. The molecule has 0 aliphatic rings. The molecular weight excluding hydrogens is 234 g/mol. The first-order valence-electron chi connectivity index (χ1n) is 4.30. The molecule has 0 aliphatic carbocycles. The maximum absolute atomic E-state index is 10.4. The average molecular weight is 240 g/mol. The molecule has 16 heavy (non-hydrogen) atoms. The molecule has 0 saturated heterocycles. The lowest BCUT2D eigenvalue weighted by Gasteiger charge is -1.99. The third kappa shape index (κ3) is 2.14. The Kier molecular flexibility index (Phi) is 2.78. The van der Waals surface area contributed by atoms with Gasteiger partial charge in [-0.3, -0.25) is 0 Å². The van der Waals surface area contributed by atoms with Crippen LogP contribution in [-0.2, 0) is 6.54 Å². The Bertz CT molecular complexity index is 527. The molecule has 0 bridgehead atoms. The standard InChI is InChI=1S/C8H6ClN5O2/c9-7-6(2-1-3-10-7)4-13-5-11-8(12-13)14(15)16/h1-3,5H,4H2. The number of nitro groups is 1. The van der Waals surface area contributed by atoms with E-state index >= 15 is 0 Å². The van der Waals surface area contributed by atoms with E-state index < -0.39 is 10.9 Å². The molecule has 2 aromatic heterocycles. The predicted molar refractivity (Wildman–Crippen MR) is 55.0 cm³/mol. The Morgan fingerprint density at radius 3 is 2.94 bits per heavy atom. The molecule has 2 heterocycles. The zero-order valence-electron chi connectivity index (χ0n) is 7.95. The van der Waals surface area contributed by atoms with Crippen molar-refractivity contribution in [2.45, 2.75) is 6.54 Å². The van der Waals surface area contributed by atoms with Crippen molar-refractivity contribution in [2.24, 2.45) is 0 Å². The molecule has 0 unspecified atom stereocenters. The number of hydrogen-bond donors (Lipinski definition) is 0. The van der Waals surface area contributed by atoms with Gasteiger partial charge in [-0.1, -0.05) is 22.7 Å². The summed E-state index contributed by atoms with van der Waals surface area (Å²) in [5.41, 5.74) is 0.726. The van der Waals surface area contributed by atoms with Gasteiger partial charge in [0.25, 0.3) is 0 Å². The van der Waals surface area contributed by atoms with Crippen LogP contribution in [0.3, 0.4) is 0 Å². The molecule has 0 atom stereocenters. The van der Waals surface area contributed by atoms with Crippen LogP contribution in [0.4, 0.5) is 5.95 Å². The second-order valence-electron chi connectivity index (χ2n) is 2.95. The van der Waals surface area contributed by atoms with E-state index in [-0.39, 0.29) is 0 Å². The van der Waals surface area contributed by atoms with Gasteiger partial charge in [-0.15, -0.1) is 0 Å². The normalized spacial score (nSPS) is 10.3. The topological polar surface area (TPSA) is 86.7 Å². The zero-order valence-corrected chi connectivity index (χ0v) is 8.70. The molecule has 0 fully saturated rings. The van der Waals surface area contributed by atoms with Gasteiger partial charge in [0.15, 0.2) is 0 Å². The van der Waals surface area contributed by atoms with Crippen molar-refractivity contribution in [1.82, 2.24) is 19.7 Å². The number of halogens is 1. The fraction of sp³-hybridized carbons (Fsp3) is 0.125. The Balaban J connectivity index is 2.21. The summed E-state index contributed by atoms with van der Waals surface area (Å²) in [5.74, 6) is -0.431. The molecule has 8 heteroatoms. The van der Waals surface area contributed by atoms with Gasteiger partial charge in [-0.2, -0.15) is 4.68 Å². The van der Waals surface area contributed by atoms with Gasteiger partial charge in [0.1, 0.15) is 5.15 Å². The summed E-state index contributed by atoms with van der Waals surface area (Å²) < 4.78 is 1.33. The van der Waals surface area contributed by atoms with Crippen molar-refractivity contribution in [1.29, 1.82) is 0 Å². The van der Waals surface area contributed by atoms with Gasteiger partial charge in [0.05, 0.1) is 6.54 Å². The van der Waals surface area contributed by atoms with Gasteiger partial charge in [0.2, 0.25) is 6.33 Å². The van der Waals surface area contributed by atoms with Crippen molar-refractivity contribution >= 4 is 17.5 Å². The summed E-state index contributed by atoms with van der Waals surface area (Å²) in [6.07, 6.45) is 2.84. The molecule has 0 radical (unpaired) electrons. The summed E-state index contributed by atoms with van der Waals surface area (Å²) in [5, 5.41) is 14.4. The van der Waals surface area contributed by atoms with E-state index in [9.17, 15) is 10.1 Å². The molecule has 2 aromatic rings. The fourth-order valence-corrected chi connectivity index (χ4v) is 1.34. The van der Waals surface area contributed by atoms with Crippen molar-refractivity contribution in [3.63, 3.8) is 0 Å². The Morgan fingerprint density at radius 1 is 1.50 bits per heavy atom. The van der Waals surface area contributed by atoms with Crippen LogP contribution in [0.2, 0.25) is 5.15 Å². The Morgan fingerprint density at radius 2 is 2.31 bits per heavy atom. The molecule has 0 spiro atoms. The predicted octanol–water partition coefficient (Wildman–Crippen LogP) is 1.28. The third-order valence-corrected chi connectivity index (χ3v) is 2.20. The van der Waals surface area contributed by atoms with Gasteiger partial charge < -0.3 is 10.1 Å².